The van der Waals surface area contributed by atoms with E-state index in [1.165, 1.54) is 5.56 Å². The molecule has 1 aliphatic carbocycles. The first-order valence-electron chi connectivity index (χ1n) is 6.82. The van der Waals surface area contributed by atoms with Crippen LogP contribution in [0.1, 0.15) is 24.2 Å². The summed E-state index contributed by atoms with van der Waals surface area (Å²) in [7, 11) is 0. The van der Waals surface area contributed by atoms with Gasteiger partial charge in [-0.25, -0.2) is 4.79 Å². The molecule has 5 nitrogen and oxygen atoms in total. The summed E-state index contributed by atoms with van der Waals surface area (Å²) in [5, 5.41) is 9.99. The van der Waals surface area contributed by atoms with Crippen LogP contribution in [-0.4, -0.2) is 17.7 Å². The third-order valence-corrected chi connectivity index (χ3v) is 4.02. The maximum Gasteiger partial charge on any atom is 0.320 e. The van der Waals surface area contributed by atoms with Gasteiger partial charge in [-0.05, 0) is 37.5 Å². The molecule has 0 radical (unpaired) electrons. The summed E-state index contributed by atoms with van der Waals surface area (Å²) < 4.78 is 4.90. The molecule has 6 heteroatoms. The van der Waals surface area contributed by atoms with Gasteiger partial charge in [0.2, 0.25) is 0 Å². The van der Waals surface area contributed by atoms with Crippen LogP contribution in [-0.2, 0) is 5.41 Å². The topological polar surface area (TPSA) is 67.2 Å². The molecular weight excluding hydrogens is 290 g/mol. The fraction of sp³-hybridized carbons (Fsp3) is 0.333. The first kappa shape index (κ1) is 13.9. The van der Waals surface area contributed by atoms with E-state index in [4.69, 9.17) is 16.1 Å². The number of carbonyl (C=O) groups excluding carboxylic acids is 1. The Balaban J connectivity index is 1.57. The van der Waals surface area contributed by atoms with Crippen LogP contribution in [0.2, 0.25) is 5.02 Å². The monoisotopic (exact) mass is 305 g/mol. The summed E-state index contributed by atoms with van der Waals surface area (Å²) in [6.07, 6.45) is 2.13. The van der Waals surface area contributed by atoms with Crippen LogP contribution in [0.3, 0.4) is 0 Å². The highest BCUT2D eigenvalue weighted by molar-refractivity contribution is 6.30. The van der Waals surface area contributed by atoms with Crippen molar-refractivity contribution in [1.29, 1.82) is 0 Å². The Bertz CT molecular complexity index is 647. The van der Waals surface area contributed by atoms with Gasteiger partial charge in [0.15, 0.2) is 5.82 Å². The Kier molecular flexibility index (Phi) is 3.59. The van der Waals surface area contributed by atoms with E-state index in [0.717, 1.165) is 17.9 Å². The second kappa shape index (κ2) is 5.41. The van der Waals surface area contributed by atoms with Gasteiger partial charge in [0.25, 0.3) is 0 Å². The van der Waals surface area contributed by atoms with Crippen LogP contribution in [0.25, 0.3) is 0 Å². The molecule has 2 N–H and O–H groups in total. The quantitative estimate of drug-likeness (QED) is 0.908. The van der Waals surface area contributed by atoms with Crippen molar-refractivity contribution in [3.8, 4) is 0 Å². The number of urea groups is 1. The molecule has 0 bridgehead atoms. The van der Waals surface area contributed by atoms with E-state index in [9.17, 15) is 4.79 Å². The number of hydrogen-bond acceptors (Lipinski definition) is 3. The van der Waals surface area contributed by atoms with Gasteiger partial charge in [0.05, 0.1) is 0 Å². The minimum absolute atomic E-state index is 0.0433. The Morgan fingerprint density at radius 1 is 1.38 bits per heavy atom. The molecule has 3 rings (SSSR count). The molecule has 1 aromatic heterocycles. The van der Waals surface area contributed by atoms with Crippen molar-refractivity contribution in [3.63, 3.8) is 0 Å². The largest absolute Gasteiger partial charge is 0.360 e. The highest BCUT2D eigenvalue weighted by atomic mass is 35.5. The van der Waals surface area contributed by atoms with Gasteiger partial charge in [0.1, 0.15) is 5.76 Å². The molecule has 2 aromatic rings. The van der Waals surface area contributed by atoms with Crippen molar-refractivity contribution < 1.29 is 9.32 Å². The molecule has 21 heavy (non-hydrogen) atoms. The van der Waals surface area contributed by atoms with Crippen molar-refractivity contribution in [3.05, 3.63) is 46.7 Å². The number of nitrogens with zero attached hydrogens (tertiary/aromatic N) is 1. The van der Waals surface area contributed by atoms with Gasteiger partial charge < -0.3 is 9.84 Å². The average Bonchev–Trinajstić information content (AvgIpc) is 3.15. The smallest absolute Gasteiger partial charge is 0.320 e. The number of carbonyl (C=O) groups is 1. The van der Waals surface area contributed by atoms with Crippen molar-refractivity contribution >= 4 is 23.4 Å². The number of benzene rings is 1. The van der Waals surface area contributed by atoms with Gasteiger partial charge >= 0.3 is 6.03 Å². The Labute approximate surface area is 127 Å². The zero-order valence-corrected chi connectivity index (χ0v) is 12.4. The Morgan fingerprint density at radius 3 is 2.67 bits per heavy atom. The number of aryl methyl sites for hydroxylation is 1. The predicted molar refractivity (Wildman–Crippen MR) is 80.6 cm³/mol. The third-order valence-electron chi connectivity index (χ3n) is 3.77. The number of nitrogens with one attached hydrogen (secondary N) is 2. The van der Waals surface area contributed by atoms with Gasteiger partial charge in [-0.15, -0.1) is 0 Å². The molecule has 0 atom stereocenters. The van der Waals surface area contributed by atoms with E-state index in [2.05, 4.69) is 15.8 Å². The number of anilines is 1. The summed E-state index contributed by atoms with van der Waals surface area (Å²) in [5.41, 5.74) is 1.26. The second-order valence-electron chi connectivity index (χ2n) is 5.42. The van der Waals surface area contributed by atoms with Crippen molar-refractivity contribution in [1.82, 2.24) is 10.5 Å². The minimum atomic E-state index is -0.275. The maximum atomic E-state index is 11.9. The molecule has 0 aliphatic heterocycles. The SMILES string of the molecule is Cc1cc(NC(=O)NCC2(c3ccc(Cl)cc3)CC2)no1. The summed E-state index contributed by atoms with van der Waals surface area (Å²) in [4.78, 5) is 11.9. The summed E-state index contributed by atoms with van der Waals surface area (Å²) in [6.45, 7) is 2.37. The molecule has 110 valence electrons. The molecule has 0 saturated heterocycles. The molecule has 1 saturated carbocycles. The first-order chi connectivity index (χ1) is 10.1. The molecule has 1 aliphatic rings. The van der Waals surface area contributed by atoms with Crippen LogP contribution in [0.4, 0.5) is 10.6 Å². The fourth-order valence-electron chi connectivity index (χ4n) is 2.36. The van der Waals surface area contributed by atoms with E-state index in [-0.39, 0.29) is 11.4 Å². The van der Waals surface area contributed by atoms with Crippen LogP contribution >= 0.6 is 11.6 Å². The summed E-state index contributed by atoms with van der Waals surface area (Å²) in [6, 6.07) is 9.21. The standard InChI is InChI=1S/C15H16ClN3O2/c1-10-8-13(19-21-10)18-14(20)17-9-15(6-7-15)11-2-4-12(16)5-3-11/h2-5,8H,6-7,9H2,1H3,(H2,17,18,19,20). The zero-order chi connectivity index (χ0) is 14.9. The molecule has 0 spiro atoms. The van der Waals surface area contributed by atoms with E-state index in [0.29, 0.717) is 18.1 Å². The lowest BCUT2D eigenvalue weighted by atomic mass is 9.96. The van der Waals surface area contributed by atoms with Gasteiger partial charge in [-0.1, -0.05) is 28.9 Å². The van der Waals surface area contributed by atoms with E-state index in [1.54, 1.807) is 13.0 Å². The number of rotatable bonds is 4. The lowest BCUT2D eigenvalue weighted by molar-refractivity contribution is 0.251. The number of amides is 2. The minimum Gasteiger partial charge on any atom is -0.360 e. The zero-order valence-electron chi connectivity index (χ0n) is 11.6. The summed E-state index contributed by atoms with van der Waals surface area (Å²) >= 11 is 5.91. The summed E-state index contributed by atoms with van der Waals surface area (Å²) in [5.74, 6) is 1.08. The van der Waals surface area contributed by atoms with Gasteiger partial charge in [-0.3, -0.25) is 5.32 Å². The average molecular weight is 306 g/mol. The molecule has 2 amide bonds. The van der Waals surface area contributed by atoms with Crippen LogP contribution < -0.4 is 10.6 Å². The van der Waals surface area contributed by atoms with Crippen molar-refractivity contribution in [2.24, 2.45) is 0 Å². The van der Waals surface area contributed by atoms with Crippen LogP contribution in [0.5, 0.6) is 0 Å². The second-order valence-corrected chi connectivity index (χ2v) is 5.85. The predicted octanol–water partition coefficient (Wildman–Crippen LogP) is 3.49. The number of hydrogen-bond donors (Lipinski definition) is 2. The number of aromatic nitrogens is 1. The lowest BCUT2D eigenvalue weighted by Gasteiger charge is -2.16. The molecule has 1 fully saturated rings. The van der Waals surface area contributed by atoms with E-state index < -0.39 is 0 Å². The normalized spacial score (nSPS) is 15.5. The van der Waals surface area contributed by atoms with Crippen molar-refractivity contribution in [2.75, 3.05) is 11.9 Å². The maximum absolute atomic E-state index is 11.9. The van der Waals surface area contributed by atoms with E-state index in [1.807, 2.05) is 24.3 Å². The fourth-order valence-corrected chi connectivity index (χ4v) is 2.48. The van der Waals surface area contributed by atoms with Gasteiger partial charge in [0, 0.05) is 23.0 Å². The molecule has 0 unspecified atom stereocenters. The molecular formula is C15H16ClN3O2. The van der Waals surface area contributed by atoms with Crippen LogP contribution in [0, 0.1) is 6.92 Å². The molecule has 1 aromatic carbocycles. The van der Waals surface area contributed by atoms with Gasteiger partial charge in [-0.2, -0.15) is 0 Å². The third kappa shape index (κ3) is 3.19. The lowest BCUT2D eigenvalue weighted by Crippen LogP contribution is -2.35. The Hall–Kier alpha value is -2.01. The number of halogens is 1. The first-order valence-corrected chi connectivity index (χ1v) is 7.19. The highest BCUT2D eigenvalue weighted by Crippen LogP contribution is 2.47. The van der Waals surface area contributed by atoms with Crippen LogP contribution in [0.15, 0.2) is 34.9 Å². The molecule has 1 heterocycles. The highest BCUT2D eigenvalue weighted by Gasteiger charge is 2.44. The van der Waals surface area contributed by atoms with E-state index >= 15 is 0 Å². The van der Waals surface area contributed by atoms with Crippen molar-refractivity contribution in [2.45, 2.75) is 25.2 Å². The Morgan fingerprint density at radius 2 is 2.10 bits per heavy atom.